The maximum Gasteiger partial charge on any atom is 0.511 e. The van der Waals surface area contributed by atoms with E-state index in [-0.39, 0.29) is 19.1 Å². The SMILES string of the molecule is CCNC(=NCCCOC1CCCCC1)NC1CCN(S(=O)(=O)C(F)(F)F)CC1. The lowest BCUT2D eigenvalue weighted by Crippen LogP contribution is -2.51. The lowest BCUT2D eigenvalue weighted by Gasteiger charge is -2.32. The van der Waals surface area contributed by atoms with Crippen LogP contribution in [0.1, 0.15) is 58.3 Å². The van der Waals surface area contributed by atoms with Crippen LogP contribution >= 0.6 is 0 Å². The highest BCUT2D eigenvalue weighted by molar-refractivity contribution is 7.90. The van der Waals surface area contributed by atoms with E-state index in [0.717, 1.165) is 19.3 Å². The number of rotatable bonds is 8. The molecule has 1 saturated heterocycles. The van der Waals surface area contributed by atoms with Crippen LogP contribution in [0.15, 0.2) is 4.99 Å². The van der Waals surface area contributed by atoms with Crippen molar-refractivity contribution in [2.45, 2.75) is 75.9 Å². The van der Waals surface area contributed by atoms with Crippen LogP contribution in [-0.2, 0) is 14.8 Å². The molecule has 29 heavy (non-hydrogen) atoms. The van der Waals surface area contributed by atoms with Crippen molar-refractivity contribution in [3.05, 3.63) is 0 Å². The molecule has 0 aromatic heterocycles. The molecule has 2 aliphatic rings. The number of aliphatic imine (C=N–C) groups is 1. The van der Waals surface area contributed by atoms with Crippen molar-refractivity contribution in [3.63, 3.8) is 0 Å². The summed E-state index contributed by atoms with van der Waals surface area (Å²) >= 11 is 0. The molecule has 7 nitrogen and oxygen atoms in total. The summed E-state index contributed by atoms with van der Waals surface area (Å²) in [5, 5.41) is 6.33. The Balaban J connectivity index is 1.73. The molecule has 2 N–H and O–H groups in total. The predicted octanol–water partition coefficient (Wildman–Crippen LogP) is 2.59. The molecule has 1 heterocycles. The standard InChI is InChI=1S/C18H33F3N4O3S/c1-2-22-17(23-11-6-14-28-16-7-4-3-5-8-16)24-15-9-12-25(13-10-15)29(26,27)18(19,20)21/h15-16H,2-14H2,1H3,(H2,22,23,24). The molecule has 0 aromatic rings. The Kier molecular flexibility index (Phi) is 9.48. The molecular formula is C18H33F3N4O3S. The fourth-order valence-electron chi connectivity index (χ4n) is 3.64. The van der Waals surface area contributed by atoms with Gasteiger partial charge in [-0.1, -0.05) is 19.3 Å². The molecule has 0 unspecified atom stereocenters. The predicted molar refractivity (Wildman–Crippen MR) is 106 cm³/mol. The van der Waals surface area contributed by atoms with Crippen molar-refractivity contribution < 1.29 is 26.3 Å². The highest BCUT2D eigenvalue weighted by Gasteiger charge is 2.50. The van der Waals surface area contributed by atoms with Gasteiger partial charge in [0.2, 0.25) is 0 Å². The van der Waals surface area contributed by atoms with E-state index >= 15 is 0 Å². The number of nitrogens with zero attached hydrogens (tertiary/aromatic N) is 2. The third kappa shape index (κ3) is 7.60. The van der Waals surface area contributed by atoms with Crippen LogP contribution in [0.2, 0.25) is 0 Å². The lowest BCUT2D eigenvalue weighted by molar-refractivity contribution is -0.0494. The molecule has 0 bridgehead atoms. The second-order valence-electron chi connectivity index (χ2n) is 7.51. The Hall–Kier alpha value is -1.07. The van der Waals surface area contributed by atoms with E-state index in [9.17, 15) is 21.6 Å². The molecule has 0 spiro atoms. The maximum atomic E-state index is 12.7. The third-order valence-corrected chi connectivity index (χ3v) is 6.88. The smallest absolute Gasteiger partial charge is 0.378 e. The van der Waals surface area contributed by atoms with Gasteiger partial charge in [0.05, 0.1) is 6.10 Å². The van der Waals surface area contributed by atoms with Crippen LogP contribution in [0.4, 0.5) is 13.2 Å². The van der Waals surface area contributed by atoms with E-state index in [1.165, 1.54) is 19.3 Å². The van der Waals surface area contributed by atoms with E-state index in [1.54, 1.807) is 0 Å². The van der Waals surface area contributed by atoms with Gasteiger partial charge in [0, 0.05) is 38.8 Å². The highest BCUT2D eigenvalue weighted by Crippen LogP contribution is 2.29. The number of hydrogen-bond donors (Lipinski definition) is 2. The van der Waals surface area contributed by atoms with E-state index in [0.29, 0.717) is 48.9 Å². The van der Waals surface area contributed by atoms with Crippen molar-refractivity contribution in [2.24, 2.45) is 4.99 Å². The van der Waals surface area contributed by atoms with Crippen LogP contribution in [0.3, 0.4) is 0 Å². The summed E-state index contributed by atoms with van der Waals surface area (Å²) in [7, 11) is -5.25. The average molecular weight is 443 g/mol. The van der Waals surface area contributed by atoms with Crippen LogP contribution < -0.4 is 10.6 Å². The summed E-state index contributed by atoms with van der Waals surface area (Å²) in [4.78, 5) is 4.50. The van der Waals surface area contributed by atoms with Gasteiger partial charge in [0.25, 0.3) is 0 Å². The lowest BCUT2D eigenvalue weighted by atomic mass is 9.98. The Morgan fingerprint density at radius 3 is 2.38 bits per heavy atom. The maximum absolute atomic E-state index is 12.7. The fraction of sp³-hybridized carbons (Fsp3) is 0.944. The number of sulfonamides is 1. The summed E-state index contributed by atoms with van der Waals surface area (Å²) in [6.45, 7) is 3.53. The number of ether oxygens (including phenoxy) is 1. The van der Waals surface area contributed by atoms with Crippen molar-refractivity contribution in [3.8, 4) is 0 Å². The minimum atomic E-state index is -5.25. The van der Waals surface area contributed by atoms with E-state index < -0.39 is 15.5 Å². The second kappa shape index (κ2) is 11.4. The number of hydrogen-bond acceptors (Lipinski definition) is 4. The van der Waals surface area contributed by atoms with Crippen LogP contribution in [0, 0.1) is 0 Å². The zero-order valence-corrected chi connectivity index (χ0v) is 17.8. The van der Waals surface area contributed by atoms with Crippen LogP contribution in [-0.4, -0.2) is 69.1 Å². The molecule has 11 heteroatoms. The van der Waals surface area contributed by atoms with Crippen molar-refractivity contribution in [1.29, 1.82) is 0 Å². The van der Waals surface area contributed by atoms with Gasteiger partial charge in [0.15, 0.2) is 5.96 Å². The van der Waals surface area contributed by atoms with Gasteiger partial charge in [0.1, 0.15) is 0 Å². The van der Waals surface area contributed by atoms with Crippen molar-refractivity contribution in [2.75, 3.05) is 32.8 Å². The molecule has 2 rings (SSSR count). The number of guanidine groups is 1. The molecular weight excluding hydrogens is 409 g/mol. The van der Waals surface area contributed by atoms with Gasteiger partial charge in [-0.3, -0.25) is 4.99 Å². The van der Waals surface area contributed by atoms with E-state index in [1.807, 2.05) is 6.92 Å². The van der Waals surface area contributed by atoms with Crippen LogP contribution in [0.5, 0.6) is 0 Å². The Bertz CT molecular complexity index is 614. The van der Waals surface area contributed by atoms with E-state index in [4.69, 9.17) is 4.74 Å². The molecule has 0 amide bonds. The van der Waals surface area contributed by atoms with Gasteiger partial charge >= 0.3 is 15.5 Å². The first-order valence-electron chi connectivity index (χ1n) is 10.5. The summed E-state index contributed by atoms with van der Waals surface area (Å²) in [5.41, 5.74) is -5.25. The Labute approximate surface area is 171 Å². The molecule has 1 aliphatic carbocycles. The van der Waals surface area contributed by atoms with Gasteiger partial charge in [-0.2, -0.15) is 17.5 Å². The molecule has 0 atom stereocenters. The first kappa shape index (κ1) is 24.2. The van der Waals surface area contributed by atoms with Gasteiger partial charge in [-0.05, 0) is 39.0 Å². The highest BCUT2D eigenvalue weighted by atomic mass is 32.2. The van der Waals surface area contributed by atoms with Gasteiger partial charge < -0.3 is 15.4 Å². The van der Waals surface area contributed by atoms with Gasteiger partial charge in [-0.15, -0.1) is 0 Å². The fourth-order valence-corrected chi connectivity index (χ4v) is 4.62. The molecule has 1 aliphatic heterocycles. The molecule has 0 aromatic carbocycles. The summed E-state index contributed by atoms with van der Waals surface area (Å²) in [6.07, 6.45) is 7.80. The van der Waals surface area contributed by atoms with E-state index in [2.05, 4.69) is 15.6 Å². The Morgan fingerprint density at radius 2 is 1.79 bits per heavy atom. The quantitative estimate of drug-likeness (QED) is 0.343. The van der Waals surface area contributed by atoms with Crippen molar-refractivity contribution in [1.82, 2.24) is 14.9 Å². The largest absolute Gasteiger partial charge is 0.511 e. The monoisotopic (exact) mass is 442 g/mol. The first-order valence-corrected chi connectivity index (χ1v) is 11.9. The normalized spacial score (nSPS) is 21.3. The number of alkyl halides is 3. The van der Waals surface area contributed by atoms with Crippen LogP contribution in [0.25, 0.3) is 0 Å². The Morgan fingerprint density at radius 1 is 1.14 bits per heavy atom. The first-order chi connectivity index (χ1) is 13.7. The number of nitrogens with one attached hydrogen (secondary N) is 2. The molecule has 2 fully saturated rings. The summed E-state index contributed by atoms with van der Waals surface area (Å²) in [6, 6.07) is -0.119. The zero-order valence-electron chi connectivity index (χ0n) is 17.0. The number of piperidine rings is 1. The number of halogens is 3. The van der Waals surface area contributed by atoms with Gasteiger partial charge in [-0.25, -0.2) is 8.42 Å². The van der Waals surface area contributed by atoms with Crippen molar-refractivity contribution >= 4 is 16.0 Å². The minimum Gasteiger partial charge on any atom is -0.378 e. The zero-order chi connectivity index (χ0) is 21.3. The summed E-state index contributed by atoms with van der Waals surface area (Å²) < 4.78 is 67.4. The molecule has 170 valence electrons. The third-order valence-electron chi connectivity index (χ3n) is 5.25. The average Bonchev–Trinajstić information content (AvgIpc) is 2.68. The molecule has 0 radical (unpaired) electrons. The second-order valence-corrected chi connectivity index (χ2v) is 9.44. The topological polar surface area (TPSA) is 83.0 Å². The summed E-state index contributed by atoms with van der Waals surface area (Å²) in [5.74, 6) is 0.599. The molecule has 1 saturated carbocycles. The minimum absolute atomic E-state index is 0.119.